The van der Waals surface area contributed by atoms with Crippen molar-refractivity contribution in [1.29, 1.82) is 0 Å². The number of aliphatic hydroxyl groups is 5. The first-order valence-corrected chi connectivity index (χ1v) is 15.9. The molecule has 0 aromatic heterocycles. The highest BCUT2D eigenvalue weighted by atomic mass is 16.6. The van der Waals surface area contributed by atoms with Crippen LogP contribution in [0.5, 0.6) is 0 Å². The molecule has 0 aromatic rings. The number of aliphatic hydroxyl groups excluding tert-OH is 3. The third-order valence-electron chi connectivity index (χ3n) is 11.2. The van der Waals surface area contributed by atoms with Gasteiger partial charge in [0, 0.05) is 31.1 Å². The van der Waals surface area contributed by atoms with Crippen LogP contribution in [0, 0.1) is 16.7 Å². The Hall–Kier alpha value is -2.62. The summed E-state index contributed by atoms with van der Waals surface area (Å²) in [5, 5.41) is 60.9. The first kappa shape index (κ1) is 36.2. The van der Waals surface area contributed by atoms with Gasteiger partial charge in [0.05, 0.1) is 30.3 Å². The molecule has 0 radical (unpaired) electrons. The molecule has 2 saturated carbocycles. The lowest BCUT2D eigenvalue weighted by atomic mass is 9.45. The van der Waals surface area contributed by atoms with Crippen LogP contribution in [0.25, 0.3) is 0 Å². The van der Waals surface area contributed by atoms with Crippen molar-refractivity contribution in [2.24, 2.45) is 16.7 Å². The Morgan fingerprint density at radius 1 is 1.09 bits per heavy atom. The Balaban J connectivity index is 1.76. The molecular formula is C32H49NO13. The molecule has 1 unspecified atom stereocenters. The maximum absolute atomic E-state index is 14.3. The summed E-state index contributed by atoms with van der Waals surface area (Å²) < 4.78 is 22.3. The zero-order valence-corrected chi connectivity index (χ0v) is 27.7. The highest BCUT2D eigenvalue weighted by Crippen LogP contribution is 2.63. The standard InChI is InChI=1S/C32H49NO13/c1-9-17(10-2)45-28(40)33-15(4)22(36)27(39)46-18-12-32(42)26(44-16(5)34)24-30(8,19(35)11-20-31(24,41)13-43-20)25(38)23(37)21(14(18)3)29(32,6)7/h15,17-20,22-24,26,35-37,41-42H,9-13H2,1-8H3,(H,33,40)/t15-,18?,19-,20+,22+,23+,24-,26-,30+,31-,32+/m0/s1. The number of carbonyl (C=O) groups is 4. The molecule has 1 saturated heterocycles. The van der Waals surface area contributed by atoms with Crippen LogP contribution in [-0.2, 0) is 33.3 Å². The van der Waals surface area contributed by atoms with E-state index in [0.717, 1.165) is 6.92 Å². The molecule has 2 bridgehead atoms. The zero-order chi connectivity index (χ0) is 34.7. The molecule has 14 heteroatoms. The largest absolute Gasteiger partial charge is 0.459 e. The normalized spacial score (nSPS) is 39.5. The molecule has 46 heavy (non-hydrogen) atoms. The predicted molar refractivity (Wildman–Crippen MR) is 159 cm³/mol. The maximum Gasteiger partial charge on any atom is 0.407 e. The molecule has 1 heterocycles. The average Bonchev–Trinajstić information content (AvgIpc) is 2.97. The molecule has 0 spiro atoms. The average molecular weight is 656 g/mol. The Morgan fingerprint density at radius 3 is 2.22 bits per heavy atom. The van der Waals surface area contributed by atoms with E-state index in [4.69, 9.17) is 18.9 Å². The van der Waals surface area contributed by atoms with E-state index in [0.29, 0.717) is 12.8 Å². The zero-order valence-electron chi connectivity index (χ0n) is 27.7. The van der Waals surface area contributed by atoms with Crippen molar-refractivity contribution in [3.05, 3.63) is 11.1 Å². The van der Waals surface area contributed by atoms with Gasteiger partial charge >= 0.3 is 18.0 Å². The first-order chi connectivity index (χ1) is 21.2. The van der Waals surface area contributed by atoms with Gasteiger partial charge in [-0.3, -0.25) is 9.59 Å². The molecule has 11 atom stereocenters. The van der Waals surface area contributed by atoms with Gasteiger partial charge in [-0.25, -0.2) is 9.59 Å². The number of rotatable bonds is 8. The van der Waals surface area contributed by atoms with Crippen molar-refractivity contribution >= 4 is 23.8 Å². The second-order valence-corrected chi connectivity index (χ2v) is 14.1. The van der Waals surface area contributed by atoms with Gasteiger partial charge in [-0.2, -0.15) is 0 Å². The second-order valence-electron chi connectivity index (χ2n) is 14.1. The second kappa shape index (κ2) is 12.4. The highest BCUT2D eigenvalue weighted by Gasteiger charge is 2.76. The van der Waals surface area contributed by atoms with Crippen molar-refractivity contribution in [1.82, 2.24) is 5.32 Å². The van der Waals surface area contributed by atoms with Crippen LogP contribution in [0.1, 0.15) is 81.1 Å². The van der Waals surface area contributed by atoms with Crippen LogP contribution in [0.15, 0.2) is 11.1 Å². The third kappa shape index (κ3) is 5.44. The van der Waals surface area contributed by atoms with Gasteiger partial charge in [0.1, 0.15) is 35.6 Å². The topological polar surface area (TPSA) is 218 Å². The van der Waals surface area contributed by atoms with E-state index in [1.165, 1.54) is 20.8 Å². The van der Waals surface area contributed by atoms with E-state index in [-0.39, 0.29) is 30.3 Å². The van der Waals surface area contributed by atoms with Crippen LogP contribution < -0.4 is 5.32 Å². The molecule has 4 aliphatic rings. The molecule has 3 aliphatic carbocycles. The molecule has 260 valence electrons. The molecule has 4 rings (SSSR count). The third-order valence-corrected chi connectivity index (χ3v) is 11.2. The van der Waals surface area contributed by atoms with Gasteiger partial charge in [-0.05, 0) is 44.8 Å². The van der Waals surface area contributed by atoms with Crippen LogP contribution in [0.4, 0.5) is 4.79 Å². The predicted octanol–water partition coefficient (Wildman–Crippen LogP) is 0.432. The Labute approximate surface area is 268 Å². The van der Waals surface area contributed by atoms with Gasteiger partial charge in [-0.1, -0.05) is 27.7 Å². The van der Waals surface area contributed by atoms with Crippen molar-refractivity contribution in [3.63, 3.8) is 0 Å². The molecule has 3 fully saturated rings. The van der Waals surface area contributed by atoms with E-state index in [1.807, 2.05) is 13.8 Å². The van der Waals surface area contributed by atoms with Gasteiger partial charge in [0.25, 0.3) is 0 Å². The van der Waals surface area contributed by atoms with Crippen molar-refractivity contribution in [2.45, 2.75) is 141 Å². The lowest BCUT2D eigenvalue weighted by molar-refractivity contribution is -0.345. The number of Topliss-reactive ketones (excluding diaryl/α,β-unsaturated/α-hetero) is 1. The van der Waals surface area contributed by atoms with Crippen LogP contribution in [0.2, 0.25) is 0 Å². The van der Waals surface area contributed by atoms with E-state index >= 15 is 0 Å². The highest BCUT2D eigenvalue weighted by molar-refractivity contribution is 5.93. The maximum atomic E-state index is 14.3. The summed E-state index contributed by atoms with van der Waals surface area (Å²) in [5.74, 6) is -4.33. The lowest BCUT2D eigenvalue weighted by Crippen LogP contribution is -2.81. The summed E-state index contributed by atoms with van der Waals surface area (Å²) in [6.07, 6.45) is -9.78. The lowest BCUT2D eigenvalue weighted by Gasteiger charge is -2.66. The van der Waals surface area contributed by atoms with Gasteiger partial charge < -0.3 is 49.8 Å². The SMILES string of the molecule is CCC(CC)OC(=O)N[C@@H](C)[C@@H](O)C(=O)OC1C[C@@]2(O)[C@@H](OC(C)=O)[C@@H]3[C@]4(O)CO[C@@H]4C[C@H](O)[C@@]3(C)C(=O)[C@H](O)C(=C1C)C2(C)C. The minimum absolute atomic E-state index is 0.0125. The van der Waals surface area contributed by atoms with Crippen LogP contribution in [-0.4, -0.2) is 116 Å². The number of amides is 1. The molecule has 14 nitrogen and oxygen atoms in total. The number of esters is 2. The summed E-state index contributed by atoms with van der Waals surface area (Å²) in [6, 6.07) is -1.15. The fourth-order valence-corrected chi connectivity index (χ4v) is 8.12. The fourth-order valence-electron chi connectivity index (χ4n) is 8.12. The minimum atomic E-state index is -2.20. The number of hydrogen-bond donors (Lipinski definition) is 6. The summed E-state index contributed by atoms with van der Waals surface area (Å²) in [7, 11) is 0. The summed E-state index contributed by atoms with van der Waals surface area (Å²) in [5.41, 5.74) is -7.23. The Bertz CT molecular complexity index is 1280. The van der Waals surface area contributed by atoms with Gasteiger partial charge in [0.15, 0.2) is 11.9 Å². The first-order valence-electron chi connectivity index (χ1n) is 15.9. The quantitative estimate of drug-likeness (QED) is 0.119. The van der Waals surface area contributed by atoms with Crippen molar-refractivity contribution in [2.75, 3.05) is 6.61 Å². The molecular weight excluding hydrogens is 606 g/mol. The van der Waals surface area contributed by atoms with Gasteiger partial charge in [-0.15, -0.1) is 0 Å². The van der Waals surface area contributed by atoms with Crippen LogP contribution in [0.3, 0.4) is 0 Å². The Kier molecular flexibility index (Phi) is 9.79. The molecule has 6 N–H and O–H groups in total. The number of carbonyl (C=O) groups excluding carboxylic acids is 4. The monoisotopic (exact) mass is 655 g/mol. The van der Waals surface area contributed by atoms with E-state index in [2.05, 4.69) is 5.32 Å². The molecule has 1 aliphatic heterocycles. The summed E-state index contributed by atoms with van der Waals surface area (Å²) in [6.45, 7) is 11.9. The number of ether oxygens (including phenoxy) is 4. The smallest absolute Gasteiger partial charge is 0.407 e. The summed E-state index contributed by atoms with van der Waals surface area (Å²) in [4.78, 5) is 52.5. The summed E-state index contributed by atoms with van der Waals surface area (Å²) >= 11 is 0. The fraction of sp³-hybridized carbons (Fsp3) is 0.812. The number of fused-ring (bicyclic) bond motifs is 5. The molecule has 0 aromatic carbocycles. The minimum Gasteiger partial charge on any atom is -0.459 e. The number of alkyl carbamates (subject to hydrolysis) is 1. The van der Waals surface area contributed by atoms with Crippen LogP contribution >= 0.6 is 0 Å². The van der Waals surface area contributed by atoms with Gasteiger partial charge in [0.2, 0.25) is 0 Å². The van der Waals surface area contributed by atoms with Crippen molar-refractivity contribution in [3.8, 4) is 0 Å². The van der Waals surface area contributed by atoms with Crippen molar-refractivity contribution < 1.29 is 63.7 Å². The number of ketones is 1. The Morgan fingerprint density at radius 2 is 1.70 bits per heavy atom. The van der Waals surface area contributed by atoms with E-state index in [1.54, 1.807) is 13.8 Å². The number of nitrogens with one attached hydrogen (secondary N) is 1. The van der Waals surface area contributed by atoms with E-state index in [9.17, 15) is 44.7 Å². The number of hydrogen-bond acceptors (Lipinski definition) is 13. The molecule has 1 amide bonds. The van der Waals surface area contributed by atoms with E-state index < -0.39 is 101 Å².